The van der Waals surface area contributed by atoms with Crippen molar-refractivity contribution >= 4 is 27.3 Å². The quantitative estimate of drug-likeness (QED) is 0.0474. The molecule has 0 spiro atoms. The minimum atomic E-state index is -6.09. The van der Waals surface area contributed by atoms with Gasteiger partial charge in [-0.15, -0.1) is 0 Å². The zero-order chi connectivity index (χ0) is 62.7. The van der Waals surface area contributed by atoms with Crippen LogP contribution in [0.25, 0.3) is 0 Å². The van der Waals surface area contributed by atoms with Crippen LogP contribution in [0.5, 0.6) is 34.5 Å². The summed E-state index contributed by atoms with van der Waals surface area (Å²) in [5, 5.41) is 7.32. The summed E-state index contributed by atoms with van der Waals surface area (Å²) in [4.78, 5) is 0. The summed E-state index contributed by atoms with van der Waals surface area (Å²) in [5.41, 5.74) is 14.6. The molecule has 5 heterocycles. The molecule has 10 nitrogen and oxygen atoms in total. The Morgan fingerprint density at radius 2 is 0.471 bits per heavy atom. The van der Waals surface area contributed by atoms with Gasteiger partial charge in [0.05, 0.1) is 6.07 Å². The summed E-state index contributed by atoms with van der Waals surface area (Å²) >= 11 is 0. The van der Waals surface area contributed by atoms with E-state index in [2.05, 4.69) is 197 Å². The second-order valence-electron chi connectivity index (χ2n) is 29.4. The largest absolute Gasteiger partial charge is 2.00 e. The first kappa shape index (κ1) is 69.3. The number of halogens is 3. The summed E-state index contributed by atoms with van der Waals surface area (Å²) < 4.78 is 103. The third kappa shape index (κ3) is 14.9. The van der Waals surface area contributed by atoms with Gasteiger partial charge in [-0.25, -0.2) is 8.42 Å². The molecule has 6 aromatic carbocycles. The van der Waals surface area contributed by atoms with E-state index in [9.17, 15) is 13.2 Å². The standard InChI is InChI=1S/C66H78O6P2.C2H3N.CHF3O3S.CH3.Pd/c1-61(2,3)49-25-37-19-45-33-53(65(13,14)15)34-46-21-39-27-51(63(7,8)9)31-43-24-44-32-52(64(10,11)12)28-40-22-48-36-54(66(16,17)18)35-47-20-38-26-50(62(4,5)6)30-42(56(38)68-74(70-58(40)44)72-60(47)48)23-41(29-49)55(37)67-73(69-57(39)43)71-59(45)46;1-2-3;2-1(3,4)8(5,6)7;;/h25-36H,19-24H2,1-18H3;1H3;(H,5,6,7);1H3;/q;;;-1;+2/p-1. The van der Waals surface area contributed by atoms with Gasteiger partial charge in [-0.1, -0.05) is 197 Å². The molecule has 6 aromatic rings. The van der Waals surface area contributed by atoms with Crippen LogP contribution in [0.15, 0.2) is 72.8 Å². The minimum absolute atomic E-state index is 0. The number of hydrogen-bond donors (Lipinski definition) is 0. The fourth-order valence-electron chi connectivity index (χ4n) is 11.2. The van der Waals surface area contributed by atoms with Crippen LogP contribution in [0.3, 0.4) is 0 Å². The van der Waals surface area contributed by atoms with Gasteiger partial charge < -0.3 is 39.1 Å². The van der Waals surface area contributed by atoms with Crippen molar-refractivity contribution in [3.63, 3.8) is 0 Å². The molecule has 5 aliphatic rings. The fourth-order valence-corrected chi connectivity index (χ4v) is 13.7. The van der Waals surface area contributed by atoms with Gasteiger partial charge in [-0.2, -0.15) is 18.4 Å². The molecular formula is C70H84F3NO9P2PdS. The maximum atomic E-state index is 10.7. The van der Waals surface area contributed by atoms with Crippen LogP contribution in [0, 0.1) is 18.8 Å². The molecule has 0 saturated carbocycles. The van der Waals surface area contributed by atoms with Gasteiger partial charge in [0, 0.05) is 45.4 Å². The van der Waals surface area contributed by atoms with E-state index in [0.29, 0.717) is 38.5 Å². The molecule has 5 aliphatic heterocycles. The first-order chi connectivity index (χ1) is 39.0. The van der Waals surface area contributed by atoms with Crippen molar-refractivity contribution < 1.29 is 73.7 Å². The van der Waals surface area contributed by atoms with E-state index in [0.717, 1.165) is 101 Å². The average Bonchev–Trinajstić information content (AvgIpc) is 0.791. The van der Waals surface area contributed by atoms with Gasteiger partial charge in [0.1, 0.15) is 34.5 Å². The van der Waals surface area contributed by atoms with Crippen molar-refractivity contribution in [1.29, 1.82) is 5.26 Å². The van der Waals surface area contributed by atoms with Crippen LogP contribution in [0.4, 0.5) is 13.2 Å². The number of nitriles is 1. The zero-order valence-electron chi connectivity index (χ0n) is 54.0. The van der Waals surface area contributed by atoms with Gasteiger partial charge in [-0.05, 0) is 133 Å². The summed E-state index contributed by atoms with van der Waals surface area (Å²) in [6.07, 6.45) is 3.68. The van der Waals surface area contributed by atoms with Crippen LogP contribution >= 0.6 is 17.2 Å². The number of nitrogens with zero attached hydrogens (tertiary/aromatic N) is 1. The normalized spacial score (nSPS) is 16.6. The molecule has 8 bridgehead atoms. The second-order valence-corrected chi connectivity index (χ2v) is 32.8. The van der Waals surface area contributed by atoms with Crippen LogP contribution in [-0.4, -0.2) is 18.5 Å². The number of alkyl halides is 3. The molecule has 0 aromatic heterocycles. The predicted molar refractivity (Wildman–Crippen MR) is 339 cm³/mol. The van der Waals surface area contributed by atoms with Crippen LogP contribution in [0.1, 0.15) is 232 Å². The second kappa shape index (κ2) is 24.2. The van der Waals surface area contributed by atoms with E-state index in [1.807, 2.05) is 0 Å². The van der Waals surface area contributed by atoms with Crippen molar-refractivity contribution in [2.75, 3.05) is 0 Å². The Labute approximate surface area is 532 Å². The van der Waals surface area contributed by atoms with Crippen LogP contribution in [-0.2, 0) is 102 Å². The van der Waals surface area contributed by atoms with Crippen LogP contribution < -0.4 is 27.1 Å². The van der Waals surface area contributed by atoms with E-state index in [-0.39, 0.29) is 60.3 Å². The molecule has 0 saturated heterocycles. The van der Waals surface area contributed by atoms with E-state index in [4.69, 9.17) is 45.4 Å². The van der Waals surface area contributed by atoms with Gasteiger partial charge in [0.2, 0.25) is 0 Å². The van der Waals surface area contributed by atoms with E-state index < -0.39 is 32.8 Å². The monoisotopic (exact) mass is 1340 g/mol. The van der Waals surface area contributed by atoms with Crippen molar-refractivity contribution in [2.45, 2.75) is 208 Å². The molecule has 0 atom stereocenters. The number of benzene rings is 6. The molecular weight excluding hydrogens is 1260 g/mol. The summed E-state index contributed by atoms with van der Waals surface area (Å²) in [6.45, 7) is 43.1. The van der Waals surface area contributed by atoms with Crippen molar-refractivity contribution in [1.82, 2.24) is 0 Å². The first-order valence-electron chi connectivity index (χ1n) is 29.0. The van der Waals surface area contributed by atoms with Crippen molar-refractivity contribution in [2.24, 2.45) is 0 Å². The Morgan fingerprint density at radius 1 is 0.368 bits per heavy atom. The Bertz CT molecular complexity index is 3400. The Balaban J connectivity index is 0.000000764. The summed E-state index contributed by atoms with van der Waals surface area (Å²) in [6, 6.07) is 30.3. The molecule has 0 unspecified atom stereocenters. The molecule has 11 rings (SSSR count). The molecule has 470 valence electrons. The van der Waals surface area contributed by atoms with Gasteiger partial charge in [0.15, 0.2) is 10.1 Å². The minimum Gasteiger partial charge on any atom is -0.741 e. The molecule has 17 heteroatoms. The summed E-state index contributed by atoms with van der Waals surface area (Å²) in [5.74, 6) is 5.04. The topological polar surface area (TPSA) is 136 Å². The molecule has 0 N–H and O–H groups in total. The third-order valence-corrected chi connectivity index (χ3v) is 18.8. The van der Waals surface area contributed by atoms with E-state index in [1.54, 1.807) is 6.07 Å². The average molecular weight is 1340 g/mol. The molecule has 87 heavy (non-hydrogen) atoms. The Kier molecular flexibility index (Phi) is 19.3. The van der Waals surface area contributed by atoms with Crippen molar-refractivity contribution in [3.8, 4) is 40.6 Å². The Morgan fingerprint density at radius 3 is 0.552 bits per heavy atom. The van der Waals surface area contributed by atoms with E-state index in [1.165, 1.54) is 40.3 Å². The number of hydrogen-bond acceptors (Lipinski definition) is 10. The van der Waals surface area contributed by atoms with Crippen molar-refractivity contribution in [3.05, 3.63) is 180 Å². The molecule has 0 fully saturated rings. The fraction of sp³-hybridized carbons (Fsp3) is 0.457. The maximum absolute atomic E-state index is 10.7. The first-order valence-corrected chi connectivity index (χ1v) is 32.6. The number of rotatable bonds is 0. The summed E-state index contributed by atoms with van der Waals surface area (Å²) in [7, 11) is -10.1. The van der Waals surface area contributed by atoms with Crippen LogP contribution in [0.2, 0.25) is 0 Å². The van der Waals surface area contributed by atoms with E-state index >= 15 is 0 Å². The smallest absolute Gasteiger partial charge is 0.741 e. The maximum Gasteiger partial charge on any atom is 2.00 e. The SMILES string of the molecule is CC#N.CC(C)(C)c1cc2c3c(c1)Cc1cc(C(C)(C)C)cc4c1OP(O3)Oc1c(cc(C(C)(C)C)cc1Cc1cc(C(C)(C)C)cc3c1OP1Oc5c(cc(C(C)(C)C)cc5Cc5cc(C(C)(C)C)cc(c5O1)C4)C3)C2.O=S(=O)([O-])C(F)(F)F.[CH3-].[Pd+2]. The molecule has 0 radical (unpaired) electrons. The van der Waals surface area contributed by atoms with Gasteiger partial charge in [-0.3, -0.25) is 0 Å². The van der Waals surface area contributed by atoms with Gasteiger partial charge in [0.25, 0.3) is 0 Å². The predicted octanol–water partition coefficient (Wildman–Crippen LogP) is 19.1. The molecule has 0 amide bonds. The van der Waals surface area contributed by atoms with Gasteiger partial charge >= 0.3 is 43.1 Å². The zero-order valence-corrected chi connectivity index (χ0v) is 58.2. The third-order valence-electron chi connectivity index (χ3n) is 16.2. The Hall–Kier alpha value is -5.17. The molecule has 0 aliphatic carbocycles.